The Morgan fingerprint density at radius 3 is 2.32 bits per heavy atom. The van der Waals surface area contributed by atoms with Crippen LogP contribution < -0.4 is 19.7 Å². The number of benzene rings is 3. The van der Waals surface area contributed by atoms with Crippen LogP contribution in [0.4, 0.5) is 21.6 Å². The third-order valence-corrected chi connectivity index (χ3v) is 6.46. The molecule has 0 aliphatic carbocycles. The summed E-state index contributed by atoms with van der Waals surface area (Å²) < 4.78 is 25.0. The van der Waals surface area contributed by atoms with Crippen molar-refractivity contribution < 1.29 is 18.7 Å². The lowest BCUT2D eigenvalue weighted by Crippen LogP contribution is -2.49. The molecule has 1 aliphatic rings. The standard InChI is InChI=1S/C29H28FN5O3/c1-37-25-13-12-21(18-26(25)38-2)32-28-22(19-31-27(33-28)20-8-4-3-5-9-20)29(36)35-16-14-34(15-17-35)24-11-7-6-10-23(24)30/h3-13,18-19H,14-17H2,1-2H3,(H,31,32,33). The van der Waals surface area contributed by atoms with Gasteiger partial charge in [-0.05, 0) is 24.3 Å². The molecule has 0 saturated carbocycles. The Morgan fingerprint density at radius 1 is 0.895 bits per heavy atom. The lowest BCUT2D eigenvalue weighted by atomic mass is 10.1. The van der Waals surface area contributed by atoms with Crippen molar-refractivity contribution in [3.8, 4) is 22.9 Å². The molecule has 5 rings (SSSR count). The number of halogens is 1. The van der Waals surface area contributed by atoms with Gasteiger partial charge in [-0.2, -0.15) is 0 Å². The first-order valence-corrected chi connectivity index (χ1v) is 12.3. The summed E-state index contributed by atoms with van der Waals surface area (Å²) in [5.74, 6) is 1.56. The van der Waals surface area contributed by atoms with Gasteiger partial charge in [0.2, 0.25) is 0 Å². The number of hydrogen-bond acceptors (Lipinski definition) is 7. The van der Waals surface area contributed by atoms with E-state index in [1.54, 1.807) is 49.6 Å². The third-order valence-electron chi connectivity index (χ3n) is 6.46. The number of nitrogens with zero attached hydrogens (tertiary/aromatic N) is 4. The Morgan fingerprint density at radius 2 is 1.61 bits per heavy atom. The van der Waals surface area contributed by atoms with Crippen LogP contribution in [0.25, 0.3) is 11.4 Å². The first kappa shape index (κ1) is 25.0. The number of para-hydroxylation sites is 1. The van der Waals surface area contributed by atoms with Crippen molar-refractivity contribution in [1.82, 2.24) is 14.9 Å². The summed E-state index contributed by atoms with van der Waals surface area (Å²) in [6, 6.07) is 21.7. The molecular formula is C29H28FN5O3. The van der Waals surface area contributed by atoms with Crippen molar-refractivity contribution in [2.24, 2.45) is 0 Å². The van der Waals surface area contributed by atoms with Gasteiger partial charge in [-0.15, -0.1) is 0 Å². The first-order chi connectivity index (χ1) is 18.6. The van der Waals surface area contributed by atoms with E-state index in [9.17, 15) is 9.18 Å². The zero-order chi connectivity index (χ0) is 26.5. The zero-order valence-electron chi connectivity index (χ0n) is 21.2. The number of carbonyl (C=O) groups is 1. The lowest BCUT2D eigenvalue weighted by molar-refractivity contribution is 0.0747. The second-order valence-corrected chi connectivity index (χ2v) is 8.75. The Bertz CT molecular complexity index is 1430. The molecule has 4 aromatic rings. The number of rotatable bonds is 7. The minimum absolute atomic E-state index is 0.194. The average Bonchev–Trinajstić information content (AvgIpc) is 2.97. The van der Waals surface area contributed by atoms with Crippen molar-refractivity contribution in [3.63, 3.8) is 0 Å². The Balaban J connectivity index is 1.42. The molecule has 0 unspecified atom stereocenters. The number of aromatic nitrogens is 2. The Labute approximate surface area is 220 Å². The minimum atomic E-state index is -0.265. The van der Waals surface area contributed by atoms with Crippen molar-refractivity contribution in [2.75, 3.05) is 50.6 Å². The van der Waals surface area contributed by atoms with Crippen molar-refractivity contribution in [2.45, 2.75) is 0 Å². The quantitative estimate of drug-likeness (QED) is 0.372. The molecule has 8 nitrogen and oxygen atoms in total. The van der Waals surface area contributed by atoms with Crippen LogP contribution in [0.3, 0.4) is 0 Å². The first-order valence-electron chi connectivity index (χ1n) is 12.3. The van der Waals surface area contributed by atoms with Gasteiger partial charge in [0.25, 0.3) is 5.91 Å². The van der Waals surface area contributed by atoms with Gasteiger partial charge in [0.15, 0.2) is 17.3 Å². The molecule has 2 heterocycles. The predicted octanol–water partition coefficient (Wildman–Crippen LogP) is 5.01. The number of methoxy groups -OCH3 is 2. The summed E-state index contributed by atoms with van der Waals surface area (Å²) in [5, 5.41) is 3.28. The molecule has 0 atom stereocenters. The van der Waals surface area contributed by atoms with Crippen molar-refractivity contribution in [1.29, 1.82) is 0 Å². The highest BCUT2D eigenvalue weighted by atomic mass is 19.1. The fourth-order valence-electron chi connectivity index (χ4n) is 4.44. The van der Waals surface area contributed by atoms with Gasteiger partial charge in [0.1, 0.15) is 17.2 Å². The molecule has 1 fully saturated rings. The molecule has 0 radical (unpaired) electrons. The van der Waals surface area contributed by atoms with Gasteiger partial charge in [-0.25, -0.2) is 14.4 Å². The molecule has 194 valence electrons. The number of piperazine rings is 1. The maximum atomic E-state index is 14.3. The summed E-state index contributed by atoms with van der Waals surface area (Å²) >= 11 is 0. The summed E-state index contributed by atoms with van der Waals surface area (Å²) in [6.07, 6.45) is 1.56. The molecule has 0 spiro atoms. The number of anilines is 3. The van der Waals surface area contributed by atoms with E-state index < -0.39 is 0 Å². The molecule has 0 bridgehead atoms. The number of hydrogen-bond donors (Lipinski definition) is 1. The smallest absolute Gasteiger partial charge is 0.259 e. The Kier molecular flexibility index (Phi) is 7.35. The second-order valence-electron chi connectivity index (χ2n) is 8.75. The maximum Gasteiger partial charge on any atom is 0.259 e. The fourth-order valence-corrected chi connectivity index (χ4v) is 4.44. The van der Waals surface area contributed by atoms with Crippen molar-refractivity contribution >= 4 is 23.1 Å². The van der Waals surface area contributed by atoms with Crippen LogP contribution in [0.1, 0.15) is 10.4 Å². The molecule has 1 aromatic heterocycles. The van der Waals surface area contributed by atoms with Crippen molar-refractivity contribution in [3.05, 3.63) is 90.4 Å². The highest BCUT2D eigenvalue weighted by molar-refractivity contribution is 5.99. The number of ether oxygens (including phenoxy) is 2. The second kappa shape index (κ2) is 11.2. The molecular weight excluding hydrogens is 485 g/mol. The summed E-state index contributed by atoms with van der Waals surface area (Å²) in [4.78, 5) is 26.6. The van der Waals surface area contributed by atoms with Gasteiger partial charge in [-0.3, -0.25) is 4.79 Å². The van der Waals surface area contributed by atoms with E-state index >= 15 is 0 Å². The Hall–Kier alpha value is -4.66. The SMILES string of the molecule is COc1ccc(Nc2nc(-c3ccccc3)ncc2C(=O)N2CCN(c3ccccc3F)CC2)cc1OC. The highest BCUT2D eigenvalue weighted by Crippen LogP contribution is 2.32. The number of amides is 1. The maximum absolute atomic E-state index is 14.3. The topological polar surface area (TPSA) is 79.8 Å². The van der Waals surface area contributed by atoms with Gasteiger partial charge in [0.05, 0.1) is 19.9 Å². The molecule has 38 heavy (non-hydrogen) atoms. The highest BCUT2D eigenvalue weighted by Gasteiger charge is 2.26. The van der Waals surface area contributed by atoms with E-state index in [-0.39, 0.29) is 11.7 Å². The molecule has 1 N–H and O–H groups in total. The van der Waals surface area contributed by atoms with E-state index in [0.717, 1.165) is 5.56 Å². The van der Waals surface area contributed by atoms with Crippen LogP contribution in [0.15, 0.2) is 79.0 Å². The summed E-state index contributed by atoms with van der Waals surface area (Å²) in [5.41, 5.74) is 2.41. The van der Waals surface area contributed by atoms with Crippen LogP contribution in [0.2, 0.25) is 0 Å². The third kappa shape index (κ3) is 5.22. The van der Waals surface area contributed by atoms with Crippen LogP contribution in [-0.2, 0) is 0 Å². The monoisotopic (exact) mass is 513 g/mol. The zero-order valence-corrected chi connectivity index (χ0v) is 21.2. The largest absolute Gasteiger partial charge is 0.493 e. The molecule has 1 saturated heterocycles. The predicted molar refractivity (Wildman–Crippen MR) is 145 cm³/mol. The number of carbonyl (C=O) groups excluding carboxylic acids is 1. The van der Waals surface area contributed by atoms with E-state index in [0.29, 0.717) is 66.3 Å². The average molecular weight is 514 g/mol. The van der Waals surface area contributed by atoms with Gasteiger partial charge in [-0.1, -0.05) is 42.5 Å². The minimum Gasteiger partial charge on any atom is -0.493 e. The van der Waals surface area contributed by atoms with E-state index in [2.05, 4.69) is 10.3 Å². The summed E-state index contributed by atoms with van der Waals surface area (Å²) in [6.45, 7) is 1.94. The van der Waals surface area contributed by atoms with E-state index in [1.165, 1.54) is 6.07 Å². The van der Waals surface area contributed by atoms with E-state index in [1.807, 2.05) is 47.4 Å². The molecule has 1 amide bonds. The van der Waals surface area contributed by atoms with Crippen LogP contribution in [0, 0.1) is 5.82 Å². The van der Waals surface area contributed by atoms with Crippen LogP contribution in [0.5, 0.6) is 11.5 Å². The van der Waals surface area contributed by atoms with Gasteiger partial charge in [0, 0.05) is 49.7 Å². The van der Waals surface area contributed by atoms with Crippen LogP contribution >= 0.6 is 0 Å². The summed E-state index contributed by atoms with van der Waals surface area (Å²) in [7, 11) is 3.14. The molecule has 3 aromatic carbocycles. The van der Waals surface area contributed by atoms with Crippen LogP contribution in [-0.4, -0.2) is 61.2 Å². The van der Waals surface area contributed by atoms with Gasteiger partial charge < -0.3 is 24.6 Å². The normalized spacial score (nSPS) is 13.2. The fraction of sp³-hybridized carbons (Fsp3) is 0.207. The van der Waals surface area contributed by atoms with Gasteiger partial charge >= 0.3 is 0 Å². The molecule has 9 heteroatoms. The van der Waals surface area contributed by atoms with E-state index in [4.69, 9.17) is 14.5 Å². The number of nitrogens with one attached hydrogen (secondary N) is 1. The lowest BCUT2D eigenvalue weighted by Gasteiger charge is -2.36. The molecule has 1 aliphatic heterocycles.